The van der Waals surface area contributed by atoms with Crippen LogP contribution in [0.15, 0.2) is 0 Å². The molecule has 1 N–H and O–H groups in total. The van der Waals surface area contributed by atoms with Crippen LogP contribution in [0.4, 0.5) is 0 Å². The Bertz CT molecular complexity index is 308. The van der Waals surface area contributed by atoms with Crippen LogP contribution >= 0.6 is 0 Å². The first-order valence-corrected chi connectivity index (χ1v) is 8.08. The minimum absolute atomic E-state index is 0.405. The number of nitrogens with one attached hydrogen (secondary N) is 1. The monoisotopic (exact) mass is 250 g/mol. The fourth-order valence-electron chi connectivity index (χ4n) is 3.91. The molecule has 18 heavy (non-hydrogen) atoms. The van der Waals surface area contributed by atoms with E-state index in [1.54, 1.807) is 0 Å². The summed E-state index contributed by atoms with van der Waals surface area (Å²) >= 11 is 0. The summed E-state index contributed by atoms with van der Waals surface area (Å²) < 4.78 is 0. The quantitative estimate of drug-likeness (QED) is 0.807. The maximum Gasteiger partial charge on any atom is 0.0334 e. The molecule has 3 fully saturated rings. The Hall–Kier alpha value is -0.0800. The second-order valence-corrected chi connectivity index (χ2v) is 7.45. The third-order valence-electron chi connectivity index (χ3n) is 5.81. The van der Waals surface area contributed by atoms with Crippen molar-refractivity contribution in [3.63, 3.8) is 0 Å². The summed E-state index contributed by atoms with van der Waals surface area (Å²) in [5.41, 5.74) is 0.853. The summed E-state index contributed by atoms with van der Waals surface area (Å²) in [6.07, 6.45) is 8.51. The highest BCUT2D eigenvalue weighted by atomic mass is 15.3. The van der Waals surface area contributed by atoms with Crippen molar-refractivity contribution in [1.29, 1.82) is 0 Å². The standard InChI is InChI=1S/C16H30N2/c1-4-5-10-18-12-15(2,13-6-7-13)17-11-16(18,3)14-8-9-14/h13-14,17H,4-12H2,1-3H3. The van der Waals surface area contributed by atoms with E-state index >= 15 is 0 Å². The second-order valence-electron chi connectivity index (χ2n) is 7.45. The van der Waals surface area contributed by atoms with Gasteiger partial charge in [-0.2, -0.15) is 0 Å². The van der Waals surface area contributed by atoms with Gasteiger partial charge in [-0.25, -0.2) is 0 Å². The summed E-state index contributed by atoms with van der Waals surface area (Å²) in [4.78, 5) is 2.85. The Morgan fingerprint density at radius 3 is 2.33 bits per heavy atom. The maximum absolute atomic E-state index is 3.93. The first-order chi connectivity index (χ1) is 8.58. The molecule has 2 aliphatic carbocycles. The molecule has 2 nitrogen and oxygen atoms in total. The van der Waals surface area contributed by atoms with Crippen LogP contribution in [-0.4, -0.2) is 35.6 Å². The van der Waals surface area contributed by atoms with Crippen molar-refractivity contribution in [3.8, 4) is 0 Å². The lowest BCUT2D eigenvalue weighted by atomic mass is 9.83. The van der Waals surface area contributed by atoms with E-state index in [2.05, 4.69) is 31.0 Å². The van der Waals surface area contributed by atoms with E-state index in [1.807, 2.05) is 0 Å². The predicted octanol–water partition coefficient (Wildman–Crippen LogP) is 3.03. The smallest absolute Gasteiger partial charge is 0.0334 e. The lowest BCUT2D eigenvalue weighted by Crippen LogP contribution is -2.69. The van der Waals surface area contributed by atoms with Crippen LogP contribution in [0.25, 0.3) is 0 Å². The normalized spacial score (nSPS) is 42.2. The van der Waals surface area contributed by atoms with Gasteiger partial charge in [0.15, 0.2) is 0 Å². The van der Waals surface area contributed by atoms with Crippen LogP contribution < -0.4 is 5.32 Å². The van der Waals surface area contributed by atoms with Crippen molar-refractivity contribution in [2.45, 2.75) is 70.4 Å². The van der Waals surface area contributed by atoms with E-state index in [9.17, 15) is 0 Å². The highest BCUT2D eigenvalue weighted by molar-refractivity contribution is 5.11. The maximum atomic E-state index is 3.93. The lowest BCUT2D eigenvalue weighted by molar-refractivity contribution is -0.00151. The van der Waals surface area contributed by atoms with Gasteiger partial charge in [0.2, 0.25) is 0 Å². The van der Waals surface area contributed by atoms with Gasteiger partial charge in [-0.15, -0.1) is 0 Å². The molecule has 0 bridgehead atoms. The topological polar surface area (TPSA) is 15.3 Å². The van der Waals surface area contributed by atoms with Gasteiger partial charge in [-0.05, 0) is 64.3 Å². The summed E-state index contributed by atoms with van der Waals surface area (Å²) in [6.45, 7) is 11.1. The number of piperazine rings is 1. The Kier molecular flexibility index (Phi) is 3.22. The molecule has 0 radical (unpaired) electrons. The molecule has 2 saturated carbocycles. The molecule has 0 aromatic heterocycles. The Balaban J connectivity index is 1.72. The van der Waals surface area contributed by atoms with Gasteiger partial charge in [0, 0.05) is 24.2 Å². The van der Waals surface area contributed by atoms with Crippen LogP contribution in [-0.2, 0) is 0 Å². The molecule has 2 atom stereocenters. The second kappa shape index (κ2) is 4.49. The molecule has 1 saturated heterocycles. The number of nitrogens with zero attached hydrogens (tertiary/aromatic N) is 1. The van der Waals surface area contributed by atoms with Crippen molar-refractivity contribution in [2.75, 3.05) is 19.6 Å². The SMILES string of the molecule is CCCCN1CC(C)(C2CC2)NCC1(C)C1CC1. The lowest BCUT2D eigenvalue weighted by Gasteiger charge is -2.53. The van der Waals surface area contributed by atoms with Gasteiger partial charge in [0.25, 0.3) is 0 Å². The summed E-state index contributed by atoms with van der Waals surface area (Å²) in [5.74, 6) is 1.91. The summed E-state index contributed by atoms with van der Waals surface area (Å²) in [5, 5.41) is 3.93. The van der Waals surface area contributed by atoms with Crippen LogP contribution in [0.5, 0.6) is 0 Å². The van der Waals surface area contributed by atoms with Crippen molar-refractivity contribution in [1.82, 2.24) is 10.2 Å². The van der Waals surface area contributed by atoms with Crippen molar-refractivity contribution >= 4 is 0 Å². The van der Waals surface area contributed by atoms with E-state index in [1.165, 1.54) is 58.2 Å². The fraction of sp³-hybridized carbons (Fsp3) is 1.00. The summed E-state index contributed by atoms with van der Waals surface area (Å²) in [6, 6.07) is 0. The molecular weight excluding hydrogens is 220 g/mol. The predicted molar refractivity (Wildman–Crippen MR) is 76.7 cm³/mol. The molecule has 2 heteroatoms. The highest BCUT2D eigenvalue weighted by Crippen LogP contribution is 2.48. The fourth-order valence-corrected chi connectivity index (χ4v) is 3.91. The Morgan fingerprint density at radius 1 is 1.11 bits per heavy atom. The zero-order valence-electron chi connectivity index (χ0n) is 12.5. The first-order valence-electron chi connectivity index (χ1n) is 8.08. The minimum atomic E-state index is 0.405. The van der Waals surface area contributed by atoms with Gasteiger partial charge in [-0.3, -0.25) is 4.90 Å². The molecular formula is C16H30N2. The van der Waals surface area contributed by atoms with Crippen LogP contribution in [0.1, 0.15) is 59.3 Å². The zero-order chi connectivity index (χ0) is 12.8. The van der Waals surface area contributed by atoms with E-state index < -0.39 is 0 Å². The van der Waals surface area contributed by atoms with Crippen molar-refractivity contribution < 1.29 is 0 Å². The van der Waals surface area contributed by atoms with Gasteiger partial charge < -0.3 is 5.32 Å². The van der Waals surface area contributed by atoms with Crippen LogP contribution in [0.3, 0.4) is 0 Å². The molecule has 3 rings (SSSR count). The molecule has 104 valence electrons. The molecule has 0 spiro atoms. The number of unbranched alkanes of at least 4 members (excludes halogenated alkanes) is 1. The molecule has 2 unspecified atom stereocenters. The Labute approximate surface area is 113 Å². The molecule has 3 aliphatic rings. The van der Waals surface area contributed by atoms with Crippen LogP contribution in [0.2, 0.25) is 0 Å². The highest BCUT2D eigenvalue weighted by Gasteiger charge is 2.53. The van der Waals surface area contributed by atoms with Crippen LogP contribution in [0, 0.1) is 11.8 Å². The van der Waals surface area contributed by atoms with E-state index in [4.69, 9.17) is 0 Å². The molecule has 0 amide bonds. The van der Waals surface area contributed by atoms with E-state index in [0.29, 0.717) is 11.1 Å². The average Bonchev–Trinajstić information content (AvgIpc) is 3.20. The Morgan fingerprint density at radius 2 is 1.78 bits per heavy atom. The number of hydrogen-bond acceptors (Lipinski definition) is 2. The molecule has 0 aromatic rings. The van der Waals surface area contributed by atoms with Gasteiger partial charge >= 0.3 is 0 Å². The zero-order valence-corrected chi connectivity index (χ0v) is 12.5. The van der Waals surface area contributed by atoms with Gasteiger partial charge in [0.05, 0.1) is 0 Å². The van der Waals surface area contributed by atoms with E-state index in [-0.39, 0.29) is 0 Å². The number of hydrogen-bond donors (Lipinski definition) is 1. The number of rotatable bonds is 5. The van der Waals surface area contributed by atoms with Gasteiger partial charge in [-0.1, -0.05) is 13.3 Å². The molecule has 0 aromatic carbocycles. The van der Waals surface area contributed by atoms with Crippen molar-refractivity contribution in [2.24, 2.45) is 11.8 Å². The third-order valence-corrected chi connectivity index (χ3v) is 5.81. The average molecular weight is 250 g/mol. The molecule has 1 heterocycles. The third kappa shape index (κ3) is 2.22. The first kappa shape index (κ1) is 12.9. The summed E-state index contributed by atoms with van der Waals surface area (Å²) in [7, 11) is 0. The van der Waals surface area contributed by atoms with Gasteiger partial charge in [0.1, 0.15) is 0 Å². The minimum Gasteiger partial charge on any atom is -0.308 e. The molecule has 1 aliphatic heterocycles. The van der Waals surface area contributed by atoms with Crippen molar-refractivity contribution in [3.05, 3.63) is 0 Å². The largest absolute Gasteiger partial charge is 0.308 e. The van der Waals surface area contributed by atoms with E-state index in [0.717, 1.165) is 11.8 Å².